The Labute approximate surface area is 129 Å². The van der Waals surface area contributed by atoms with Crippen molar-refractivity contribution >= 4 is 18.1 Å². The summed E-state index contributed by atoms with van der Waals surface area (Å²) in [5.41, 5.74) is 3.11. The van der Waals surface area contributed by atoms with E-state index in [1.165, 1.54) is 24.2 Å². The standard InChI is InChI=1S/C16H27N3.ClH/c1-16(8-9-17-12-16)13-19(4)11-14-6-5-7-15(10-14)18(2)3;/h5-7,10,17H,8-9,11-13H2,1-4H3;1H. The molecule has 1 unspecified atom stereocenters. The monoisotopic (exact) mass is 297 g/mol. The van der Waals surface area contributed by atoms with Crippen LogP contribution in [0.4, 0.5) is 5.69 Å². The van der Waals surface area contributed by atoms with Crippen LogP contribution in [0.1, 0.15) is 18.9 Å². The van der Waals surface area contributed by atoms with Crippen molar-refractivity contribution in [1.82, 2.24) is 10.2 Å². The summed E-state index contributed by atoms with van der Waals surface area (Å²) in [6.07, 6.45) is 1.29. The maximum Gasteiger partial charge on any atom is 0.0364 e. The van der Waals surface area contributed by atoms with Gasteiger partial charge >= 0.3 is 0 Å². The van der Waals surface area contributed by atoms with Crippen LogP contribution in [0, 0.1) is 5.41 Å². The van der Waals surface area contributed by atoms with Crippen molar-refractivity contribution in [3.05, 3.63) is 29.8 Å². The molecule has 1 fully saturated rings. The normalized spacial score (nSPS) is 21.9. The van der Waals surface area contributed by atoms with Crippen LogP contribution in [-0.2, 0) is 6.54 Å². The van der Waals surface area contributed by atoms with Gasteiger partial charge in [0.15, 0.2) is 0 Å². The van der Waals surface area contributed by atoms with Crippen LogP contribution in [-0.4, -0.2) is 45.7 Å². The quantitative estimate of drug-likeness (QED) is 0.901. The minimum absolute atomic E-state index is 0. The van der Waals surface area contributed by atoms with E-state index in [0.29, 0.717) is 5.41 Å². The van der Waals surface area contributed by atoms with Crippen LogP contribution >= 0.6 is 12.4 Å². The summed E-state index contributed by atoms with van der Waals surface area (Å²) in [5.74, 6) is 0. The fourth-order valence-corrected chi connectivity index (χ4v) is 2.96. The van der Waals surface area contributed by atoms with E-state index in [9.17, 15) is 0 Å². The zero-order valence-corrected chi connectivity index (χ0v) is 14.0. The molecule has 0 aromatic heterocycles. The van der Waals surface area contributed by atoms with Gasteiger partial charge in [0.2, 0.25) is 0 Å². The van der Waals surface area contributed by atoms with Crippen LogP contribution in [0.3, 0.4) is 0 Å². The Morgan fingerprint density at radius 3 is 2.60 bits per heavy atom. The first kappa shape index (κ1) is 17.3. The zero-order valence-electron chi connectivity index (χ0n) is 13.1. The molecule has 1 heterocycles. The van der Waals surface area contributed by atoms with Gasteiger partial charge in [0.25, 0.3) is 0 Å². The number of benzene rings is 1. The lowest BCUT2D eigenvalue weighted by molar-refractivity contribution is 0.203. The number of nitrogens with one attached hydrogen (secondary N) is 1. The second-order valence-electron chi connectivity index (χ2n) is 6.47. The molecule has 20 heavy (non-hydrogen) atoms. The van der Waals surface area contributed by atoms with Gasteiger partial charge in [-0.05, 0) is 43.1 Å². The van der Waals surface area contributed by atoms with E-state index in [1.807, 2.05) is 0 Å². The fraction of sp³-hybridized carbons (Fsp3) is 0.625. The summed E-state index contributed by atoms with van der Waals surface area (Å²) < 4.78 is 0. The molecule has 0 radical (unpaired) electrons. The molecule has 0 amide bonds. The first-order valence-corrected chi connectivity index (χ1v) is 7.14. The molecule has 0 saturated carbocycles. The number of hydrogen-bond donors (Lipinski definition) is 1. The van der Waals surface area contributed by atoms with Crippen LogP contribution in [0.25, 0.3) is 0 Å². The summed E-state index contributed by atoms with van der Waals surface area (Å²) in [5, 5.41) is 3.47. The molecule has 1 atom stereocenters. The van der Waals surface area contributed by atoms with Gasteiger partial charge in [-0.1, -0.05) is 19.1 Å². The summed E-state index contributed by atoms with van der Waals surface area (Å²) in [4.78, 5) is 4.60. The molecule has 3 nitrogen and oxygen atoms in total. The highest BCUT2D eigenvalue weighted by Crippen LogP contribution is 2.26. The Kier molecular flexibility index (Phi) is 6.31. The molecular formula is C16H28ClN3. The Hall–Kier alpha value is -0.770. The second kappa shape index (κ2) is 7.30. The molecule has 0 spiro atoms. The van der Waals surface area contributed by atoms with Crippen molar-refractivity contribution in [2.45, 2.75) is 19.9 Å². The van der Waals surface area contributed by atoms with Crippen molar-refractivity contribution in [2.24, 2.45) is 5.41 Å². The third-order valence-electron chi connectivity index (χ3n) is 3.99. The van der Waals surface area contributed by atoms with Gasteiger partial charge in [-0.3, -0.25) is 0 Å². The van der Waals surface area contributed by atoms with Crippen LogP contribution in [0.15, 0.2) is 24.3 Å². The zero-order chi connectivity index (χ0) is 13.9. The number of nitrogens with zero attached hydrogens (tertiary/aromatic N) is 2. The maximum atomic E-state index is 3.47. The van der Waals surface area contributed by atoms with Gasteiger partial charge in [0.1, 0.15) is 0 Å². The number of halogens is 1. The third kappa shape index (κ3) is 4.65. The molecule has 1 saturated heterocycles. The van der Waals surface area contributed by atoms with Crippen LogP contribution in [0.5, 0.6) is 0 Å². The van der Waals surface area contributed by atoms with E-state index in [1.54, 1.807) is 0 Å². The third-order valence-corrected chi connectivity index (χ3v) is 3.99. The highest BCUT2D eigenvalue weighted by Gasteiger charge is 2.29. The molecule has 1 aromatic rings. The first-order chi connectivity index (χ1) is 8.98. The van der Waals surface area contributed by atoms with Crippen molar-refractivity contribution in [2.75, 3.05) is 45.7 Å². The Morgan fingerprint density at radius 2 is 2.00 bits per heavy atom. The predicted octanol–water partition coefficient (Wildman–Crippen LogP) is 2.61. The lowest BCUT2D eigenvalue weighted by atomic mass is 9.89. The highest BCUT2D eigenvalue weighted by atomic mass is 35.5. The SMILES string of the molecule is CN(Cc1cccc(N(C)C)c1)CC1(C)CCNC1.Cl. The topological polar surface area (TPSA) is 18.5 Å². The molecule has 114 valence electrons. The highest BCUT2D eigenvalue weighted by molar-refractivity contribution is 5.85. The van der Waals surface area contributed by atoms with Crippen molar-refractivity contribution in [3.8, 4) is 0 Å². The van der Waals surface area contributed by atoms with Gasteiger partial charge in [0.05, 0.1) is 0 Å². The molecule has 0 bridgehead atoms. The number of rotatable bonds is 5. The number of hydrogen-bond acceptors (Lipinski definition) is 3. The van der Waals surface area contributed by atoms with E-state index < -0.39 is 0 Å². The molecular weight excluding hydrogens is 270 g/mol. The summed E-state index contributed by atoms with van der Waals surface area (Å²) >= 11 is 0. The summed E-state index contributed by atoms with van der Waals surface area (Å²) in [7, 11) is 6.41. The Balaban J connectivity index is 0.00000200. The second-order valence-corrected chi connectivity index (χ2v) is 6.47. The maximum absolute atomic E-state index is 3.47. The Morgan fingerprint density at radius 1 is 1.25 bits per heavy atom. The largest absolute Gasteiger partial charge is 0.378 e. The molecule has 2 rings (SSSR count). The smallest absolute Gasteiger partial charge is 0.0364 e. The fourth-order valence-electron chi connectivity index (χ4n) is 2.96. The minimum Gasteiger partial charge on any atom is -0.378 e. The van der Waals surface area contributed by atoms with Gasteiger partial charge < -0.3 is 15.1 Å². The van der Waals surface area contributed by atoms with E-state index in [4.69, 9.17) is 0 Å². The lowest BCUT2D eigenvalue weighted by Crippen LogP contribution is -2.34. The Bertz CT molecular complexity index is 414. The van der Waals surface area contributed by atoms with E-state index in [2.05, 4.69) is 67.4 Å². The van der Waals surface area contributed by atoms with E-state index in [-0.39, 0.29) is 12.4 Å². The minimum atomic E-state index is 0. The summed E-state index contributed by atoms with van der Waals surface area (Å²) in [6, 6.07) is 8.81. The number of anilines is 1. The van der Waals surface area contributed by atoms with Gasteiger partial charge in [-0.2, -0.15) is 0 Å². The van der Waals surface area contributed by atoms with Crippen molar-refractivity contribution in [1.29, 1.82) is 0 Å². The first-order valence-electron chi connectivity index (χ1n) is 7.14. The van der Waals surface area contributed by atoms with E-state index >= 15 is 0 Å². The van der Waals surface area contributed by atoms with Crippen LogP contribution in [0.2, 0.25) is 0 Å². The van der Waals surface area contributed by atoms with E-state index in [0.717, 1.165) is 19.6 Å². The van der Waals surface area contributed by atoms with Gasteiger partial charge in [-0.25, -0.2) is 0 Å². The van der Waals surface area contributed by atoms with Crippen molar-refractivity contribution < 1.29 is 0 Å². The molecule has 1 aliphatic heterocycles. The summed E-state index contributed by atoms with van der Waals surface area (Å²) in [6.45, 7) is 6.89. The predicted molar refractivity (Wildman–Crippen MR) is 89.9 cm³/mol. The molecule has 4 heteroatoms. The molecule has 1 aliphatic rings. The molecule has 1 N–H and O–H groups in total. The average Bonchev–Trinajstić information content (AvgIpc) is 2.75. The molecule has 1 aromatic carbocycles. The lowest BCUT2D eigenvalue weighted by Gasteiger charge is -2.29. The average molecular weight is 298 g/mol. The van der Waals surface area contributed by atoms with Gasteiger partial charge in [0, 0.05) is 39.4 Å². The van der Waals surface area contributed by atoms with Crippen molar-refractivity contribution in [3.63, 3.8) is 0 Å². The molecule has 0 aliphatic carbocycles. The van der Waals surface area contributed by atoms with Gasteiger partial charge in [-0.15, -0.1) is 12.4 Å². The van der Waals surface area contributed by atoms with Crippen LogP contribution < -0.4 is 10.2 Å².